The fraction of sp³-hybridized carbons (Fsp3) is 0.320. The summed E-state index contributed by atoms with van der Waals surface area (Å²) >= 11 is 0. The number of hydrogen-bond acceptors (Lipinski definition) is 7. The molecule has 8 heteroatoms. The maximum Gasteiger partial charge on any atom is 0.336 e. The van der Waals surface area contributed by atoms with Crippen molar-refractivity contribution in [1.29, 1.82) is 0 Å². The molecule has 2 aliphatic rings. The highest BCUT2D eigenvalue weighted by Crippen LogP contribution is 2.45. The number of rotatable bonds is 7. The highest BCUT2D eigenvalue weighted by Gasteiger charge is 2.41. The van der Waals surface area contributed by atoms with Crippen molar-refractivity contribution in [3.05, 3.63) is 92.6 Å². The number of esters is 1. The number of nitro benzene ring substituents is 1. The van der Waals surface area contributed by atoms with Gasteiger partial charge in [-0.3, -0.25) is 19.9 Å². The van der Waals surface area contributed by atoms with E-state index in [0.29, 0.717) is 48.9 Å². The normalized spacial score (nSPS) is 18.0. The Bertz CT molecular complexity index is 1150. The first-order valence-electron chi connectivity index (χ1n) is 11.0. The second-order valence-electron chi connectivity index (χ2n) is 8.18. The van der Waals surface area contributed by atoms with Crippen LogP contribution < -0.4 is 5.32 Å². The summed E-state index contributed by atoms with van der Waals surface area (Å²) in [6.45, 7) is 1.94. The van der Waals surface area contributed by atoms with E-state index in [9.17, 15) is 19.7 Å². The van der Waals surface area contributed by atoms with Crippen LogP contribution >= 0.6 is 0 Å². The van der Waals surface area contributed by atoms with Crippen LogP contribution in [0.25, 0.3) is 0 Å². The standard InChI is InChI=1S/C25H25N3O5/c1-16-22(25(30)33-14-6-8-17-7-5-13-26-15-17)23(18-9-2-3-11-20(18)28(31)32)24-19(27-16)10-4-12-21(24)29/h2-3,5,7,9,11,13,15,23,27H,4,6,8,10,12,14H2,1H3. The summed E-state index contributed by atoms with van der Waals surface area (Å²) in [5.41, 5.74) is 3.23. The Kier molecular flexibility index (Phi) is 6.63. The van der Waals surface area contributed by atoms with Gasteiger partial charge in [0.05, 0.1) is 23.0 Å². The first kappa shape index (κ1) is 22.4. The topological polar surface area (TPSA) is 111 Å². The number of ketones is 1. The minimum Gasteiger partial charge on any atom is -0.462 e. The molecule has 2 aromatic rings. The van der Waals surface area contributed by atoms with Gasteiger partial charge in [-0.1, -0.05) is 24.3 Å². The molecular weight excluding hydrogens is 422 g/mol. The quantitative estimate of drug-likeness (QED) is 0.294. The summed E-state index contributed by atoms with van der Waals surface area (Å²) in [5.74, 6) is -1.50. The van der Waals surface area contributed by atoms with Gasteiger partial charge in [0.1, 0.15) is 0 Å². The number of allylic oxidation sites excluding steroid dienone is 3. The van der Waals surface area contributed by atoms with E-state index < -0.39 is 16.8 Å². The van der Waals surface area contributed by atoms with Crippen molar-refractivity contribution >= 4 is 17.4 Å². The zero-order valence-electron chi connectivity index (χ0n) is 18.4. The van der Waals surface area contributed by atoms with Gasteiger partial charge in [-0.2, -0.15) is 0 Å². The number of nitrogens with one attached hydrogen (secondary N) is 1. The van der Waals surface area contributed by atoms with Crippen LogP contribution in [-0.4, -0.2) is 28.3 Å². The average molecular weight is 447 g/mol. The van der Waals surface area contributed by atoms with Crippen LogP contribution in [0.15, 0.2) is 71.3 Å². The summed E-state index contributed by atoms with van der Waals surface area (Å²) in [6.07, 6.45) is 6.50. The Labute approximate surface area is 191 Å². The SMILES string of the molecule is CC1=C(C(=O)OCCCc2cccnc2)C(c2ccccc2[N+](=O)[O-])C2=C(CCCC2=O)N1. The number of ether oxygens (including phenoxy) is 1. The molecule has 170 valence electrons. The van der Waals surface area contributed by atoms with E-state index >= 15 is 0 Å². The Morgan fingerprint density at radius 2 is 2.06 bits per heavy atom. The fourth-order valence-corrected chi connectivity index (χ4v) is 4.53. The molecular formula is C25H25N3O5. The van der Waals surface area contributed by atoms with Crippen molar-refractivity contribution in [3.8, 4) is 0 Å². The molecule has 1 aliphatic heterocycles. The molecule has 8 nitrogen and oxygen atoms in total. The van der Waals surface area contributed by atoms with E-state index in [1.165, 1.54) is 6.07 Å². The van der Waals surface area contributed by atoms with E-state index in [-0.39, 0.29) is 23.7 Å². The van der Waals surface area contributed by atoms with Crippen LogP contribution in [0.2, 0.25) is 0 Å². The van der Waals surface area contributed by atoms with Gasteiger partial charge in [0.2, 0.25) is 0 Å². The molecule has 1 aliphatic carbocycles. The van der Waals surface area contributed by atoms with Crippen LogP contribution in [0.1, 0.15) is 49.7 Å². The van der Waals surface area contributed by atoms with E-state index in [4.69, 9.17) is 4.74 Å². The number of nitrogens with zero attached hydrogens (tertiary/aromatic N) is 2. The van der Waals surface area contributed by atoms with Gasteiger partial charge in [0, 0.05) is 47.4 Å². The number of aryl methyl sites for hydroxylation is 1. The third-order valence-electron chi connectivity index (χ3n) is 6.01. The third-order valence-corrected chi connectivity index (χ3v) is 6.01. The molecule has 2 heterocycles. The van der Waals surface area contributed by atoms with Crippen molar-refractivity contribution in [2.45, 2.75) is 44.9 Å². The van der Waals surface area contributed by atoms with Crippen molar-refractivity contribution in [2.75, 3.05) is 6.61 Å². The number of hydrogen-bond donors (Lipinski definition) is 1. The molecule has 1 atom stereocenters. The summed E-state index contributed by atoms with van der Waals surface area (Å²) in [6, 6.07) is 10.1. The van der Waals surface area contributed by atoms with Gasteiger partial charge >= 0.3 is 5.97 Å². The average Bonchev–Trinajstić information content (AvgIpc) is 2.81. The number of carbonyl (C=O) groups is 2. The minimum atomic E-state index is -0.832. The first-order valence-corrected chi connectivity index (χ1v) is 11.0. The van der Waals surface area contributed by atoms with Gasteiger partial charge in [-0.15, -0.1) is 0 Å². The summed E-state index contributed by atoms with van der Waals surface area (Å²) in [4.78, 5) is 41.5. The Morgan fingerprint density at radius 1 is 1.24 bits per heavy atom. The molecule has 0 radical (unpaired) electrons. The second kappa shape index (κ2) is 9.77. The second-order valence-corrected chi connectivity index (χ2v) is 8.18. The molecule has 1 unspecified atom stereocenters. The first-order chi connectivity index (χ1) is 16.0. The highest BCUT2D eigenvalue weighted by atomic mass is 16.6. The number of nitro groups is 1. The zero-order chi connectivity index (χ0) is 23.4. The molecule has 0 fully saturated rings. The number of aromatic nitrogens is 1. The van der Waals surface area contributed by atoms with Gasteiger partial charge in [0.25, 0.3) is 5.69 Å². The molecule has 1 N–H and O–H groups in total. The molecule has 1 aromatic carbocycles. The Hall–Kier alpha value is -3.81. The van der Waals surface area contributed by atoms with Gasteiger partial charge in [0.15, 0.2) is 5.78 Å². The molecule has 4 rings (SSSR count). The predicted octanol–water partition coefficient (Wildman–Crippen LogP) is 4.13. The third kappa shape index (κ3) is 4.69. The predicted molar refractivity (Wildman–Crippen MR) is 121 cm³/mol. The lowest BCUT2D eigenvalue weighted by Gasteiger charge is -2.33. The van der Waals surface area contributed by atoms with E-state index in [1.807, 2.05) is 12.1 Å². The maximum atomic E-state index is 13.2. The van der Waals surface area contributed by atoms with Gasteiger partial charge < -0.3 is 10.1 Å². The minimum absolute atomic E-state index is 0.0960. The van der Waals surface area contributed by atoms with Crippen molar-refractivity contribution in [2.24, 2.45) is 0 Å². The maximum absolute atomic E-state index is 13.2. The molecule has 0 bridgehead atoms. The smallest absolute Gasteiger partial charge is 0.336 e. The van der Waals surface area contributed by atoms with Crippen LogP contribution in [0.4, 0.5) is 5.69 Å². The summed E-state index contributed by atoms with van der Waals surface area (Å²) in [5, 5.41) is 15.0. The molecule has 0 saturated carbocycles. The molecule has 33 heavy (non-hydrogen) atoms. The number of carbonyl (C=O) groups excluding carboxylic acids is 2. The summed E-state index contributed by atoms with van der Waals surface area (Å²) in [7, 11) is 0. The van der Waals surface area contributed by atoms with Crippen LogP contribution in [0, 0.1) is 10.1 Å². The van der Waals surface area contributed by atoms with Crippen LogP contribution in [0.5, 0.6) is 0 Å². The number of Topliss-reactive ketones (excluding diaryl/α,β-unsaturated/α-hetero) is 1. The van der Waals surface area contributed by atoms with Gasteiger partial charge in [-0.25, -0.2) is 4.79 Å². The molecule has 0 spiro atoms. The Morgan fingerprint density at radius 3 is 2.82 bits per heavy atom. The lowest BCUT2D eigenvalue weighted by molar-refractivity contribution is -0.385. The van der Waals surface area contributed by atoms with E-state index in [1.54, 1.807) is 37.5 Å². The molecule has 1 aromatic heterocycles. The van der Waals surface area contributed by atoms with Crippen LogP contribution in [-0.2, 0) is 20.7 Å². The lowest BCUT2D eigenvalue weighted by atomic mass is 9.75. The highest BCUT2D eigenvalue weighted by molar-refractivity contribution is 6.04. The Balaban J connectivity index is 1.63. The lowest BCUT2D eigenvalue weighted by Crippen LogP contribution is -2.34. The van der Waals surface area contributed by atoms with Crippen molar-refractivity contribution in [3.63, 3.8) is 0 Å². The number of dihydropyridines is 1. The van der Waals surface area contributed by atoms with Crippen LogP contribution in [0.3, 0.4) is 0 Å². The van der Waals surface area contributed by atoms with Crippen molar-refractivity contribution < 1.29 is 19.2 Å². The molecule has 0 saturated heterocycles. The molecule has 0 amide bonds. The number of para-hydroxylation sites is 1. The summed E-state index contributed by atoms with van der Waals surface area (Å²) < 4.78 is 5.58. The van der Waals surface area contributed by atoms with Crippen molar-refractivity contribution in [1.82, 2.24) is 10.3 Å². The van der Waals surface area contributed by atoms with Gasteiger partial charge in [-0.05, 0) is 44.2 Å². The van der Waals surface area contributed by atoms with E-state index in [2.05, 4.69) is 10.3 Å². The fourth-order valence-electron chi connectivity index (χ4n) is 4.53. The van der Waals surface area contributed by atoms with E-state index in [0.717, 1.165) is 11.3 Å². The largest absolute Gasteiger partial charge is 0.462 e. The number of pyridine rings is 1. The monoisotopic (exact) mass is 447 g/mol. The number of benzene rings is 1. The zero-order valence-corrected chi connectivity index (χ0v) is 18.4.